The third-order valence-corrected chi connectivity index (χ3v) is 3.69. The molecule has 1 atom stereocenters. The Bertz CT molecular complexity index is 642. The number of nitrogens with one attached hydrogen (secondary N) is 1. The Kier molecular flexibility index (Phi) is 4.83. The highest BCUT2D eigenvalue weighted by Gasteiger charge is 2.28. The molecule has 0 aliphatic carbocycles. The van der Waals surface area contributed by atoms with Crippen LogP contribution < -0.4 is 5.32 Å². The van der Waals surface area contributed by atoms with E-state index in [1.807, 2.05) is 0 Å². The number of allylic oxidation sites excluding steroid dienone is 1. The Morgan fingerprint density at radius 3 is 3.05 bits per heavy atom. The monoisotopic (exact) mass is 304 g/mol. The van der Waals surface area contributed by atoms with Crippen molar-refractivity contribution in [2.45, 2.75) is 11.7 Å². The molecule has 0 spiro atoms. The SMILES string of the molecule is C=CC[C@H]1S/C(=N/N=Cc2cccc([N+](=O)[O-])c2)NC1=O. The number of amidine groups is 1. The van der Waals surface area contributed by atoms with Gasteiger partial charge in [0, 0.05) is 17.7 Å². The van der Waals surface area contributed by atoms with Crippen molar-refractivity contribution in [3.8, 4) is 0 Å². The summed E-state index contributed by atoms with van der Waals surface area (Å²) in [6.07, 6.45) is 3.63. The minimum absolute atomic E-state index is 0.0128. The highest BCUT2D eigenvalue weighted by Crippen LogP contribution is 2.22. The van der Waals surface area contributed by atoms with Crippen LogP contribution in [0.25, 0.3) is 0 Å². The predicted molar refractivity (Wildman–Crippen MR) is 82.5 cm³/mol. The number of nitro benzene ring substituents is 1. The fraction of sp³-hybridized carbons (Fsp3) is 0.154. The van der Waals surface area contributed by atoms with E-state index in [1.54, 1.807) is 18.2 Å². The van der Waals surface area contributed by atoms with Gasteiger partial charge in [0.25, 0.3) is 5.69 Å². The van der Waals surface area contributed by atoms with Crippen molar-refractivity contribution in [1.82, 2.24) is 5.32 Å². The summed E-state index contributed by atoms with van der Waals surface area (Å²) in [4.78, 5) is 21.7. The molecule has 0 bridgehead atoms. The van der Waals surface area contributed by atoms with Gasteiger partial charge >= 0.3 is 0 Å². The molecule has 1 aromatic rings. The van der Waals surface area contributed by atoms with Gasteiger partial charge in [-0.3, -0.25) is 14.9 Å². The van der Waals surface area contributed by atoms with Gasteiger partial charge < -0.3 is 5.32 Å². The third kappa shape index (κ3) is 3.99. The van der Waals surface area contributed by atoms with Gasteiger partial charge in [0.05, 0.1) is 16.4 Å². The van der Waals surface area contributed by atoms with Crippen LogP contribution in [0.3, 0.4) is 0 Å². The number of nitro groups is 1. The van der Waals surface area contributed by atoms with Gasteiger partial charge in [-0.2, -0.15) is 5.10 Å². The molecule has 0 saturated carbocycles. The fourth-order valence-electron chi connectivity index (χ4n) is 1.63. The number of nitrogens with zero attached hydrogens (tertiary/aromatic N) is 3. The van der Waals surface area contributed by atoms with Gasteiger partial charge in [-0.1, -0.05) is 30.0 Å². The molecule has 1 aromatic carbocycles. The van der Waals surface area contributed by atoms with E-state index in [0.717, 1.165) is 0 Å². The van der Waals surface area contributed by atoms with Crippen LogP contribution in [0.15, 0.2) is 47.1 Å². The quantitative estimate of drug-likeness (QED) is 0.390. The van der Waals surface area contributed by atoms with E-state index in [1.165, 1.54) is 30.1 Å². The number of rotatable bonds is 5. The van der Waals surface area contributed by atoms with E-state index in [9.17, 15) is 14.9 Å². The van der Waals surface area contributed by atoms with Crippen molar-refractivity contribution >= 4 is 34.7 Å². The topological polar surface area (TPSA) is 97.0 Å². The summed E-state index contributed by atoms with van der Waals surface area (Å²) in [5.41, 5.74) is 0.548. The normalized spacial score (nSPS) is 19.9. The second-order valence-corrected chi connectivity index (χ2v) is 5.31. The number of hydrogen-bond acceptors (Lipinski definition) is 6. The molecule has 7 nitrogen and oxygen atoms in total. The van der Waals surface area contributed by atoms with Gasteiger partial charge in [-0.05, 0) is 6.42 Å². The number of carbonyl (C=O) groups excluding carboxylic acids is 1. The molecular formula is C13H12N4O3S. The lowest BCUT2D eigenvalue weighted by Crippen LogP contribution is -2.24. The lowest BCUT2D eigenvalue weighted by molar-refractivity contribution is -0.384. The summed E-state index contributed by atoms with van der Waals surface area (Å²) in [6, 6.07) is 6.04. The summed E-state index contributed by atoms with van der Waals surface area (Å²) in [5.74, 6) is -0.121. The van der Waals surface area contributed by atoms with Gasteiger partial charge in [-0.25, -0.2) is 0 Å². The minimum atomic E-state index is -0.476. The average molecular weight is 304 g/mol. The van der Waals surface area contributed by atoms with E-state index in [2.05, 4.69) is 22.1 Å². The standard InChI is InChI=1S/C13H12N4O3S/c1-2-4-11-12(18)15-13(21-11)16-14-8-9-5-3-6-10(7-9)17(19)20/h2-3,5-8,11H,1,4H2,(H,15,16,18)/t11-/m1/s1. The van der Waals surface area contributed by atoms with Gasteiger partial charge in [0.15, 0.2) is 5.17 Å². The first-order valence-corrected chi connectivity index (χ1v) is 6.92. The first kappa shape index (κ1) is 14.9. The van der Waals surface area contributed by atoms with E-state index in [4.69, 9.17) is 0 Å². The summed E-state index contributed by atoms with van der Waals surface area (Å²) in [5, 5.41) is 21.2. The zero-order valence-electron chi connectivity index (χ0n) is 10.9. The Morgan fingerprint density at radius 2 is 2.33 bits per heavy atom. The van der Waals surface area contributed by atoms with Crippen molar-refractivity contribution in [3.63, 3.8) is 0 Å². The lowest BCUT2D eigenvalue weighted by Gasteiger charge is -1.97. The van der Waals surface area contributed by atoms with Crippen LogP contribution in [0.4, 0.5) is 5.69 Å². The van der Waals surface area contributed by atoms with E-state index in [0.29, 0.717) is 17.2 Å². The third-order valence-electron chi connectivity index (χ3n) is 2.59. The number of amides is 1. The zero-order valence-corrected chi connectivity index (χ0v) is 11.7. The molecule has 0 radical (unpaired) electrons. The number of carbonyl (C=O) groups is 1. The van der Waals surface area contributed by atoms with Crippen LogP contribution in [0.1, 0.15) is 12.0 Å². The molecule has 0 unspecified atom stereocenters. The van der Waals surface area contributed by atoms with Crippen LogP contribution in [0.2, 0.25) is 0 Å². The maximum atomic E-state index is 11.5. The minimum Gasteiger partial charge on any atom is -0.303 e. The lowest BCUT2D eigenvalue weighted by atomic mass is 10.2. The summed E-state index contributed by atoms with van der Waals surface area (Å²) in [6.45, 7) is 3.59. The van der Waals surface area contributed by atoms with Crippen LogP contribution in [-0.4, -0.2) is 27.5 Å². The largest absolute Gasteiger partial charge is 0.303 e. The Morgan fingerprint density at radius 1 is 1.52 bits per heavy atom. The fourth-order valence-corrected chi connectivity index (χ4v) is 2.55. The van der Waals surface area contributed by atoms with Crippen molar-refractivity contribution in [2.75, 3.05) is 0 Å². The molecule has 21 heavy (non-hydrogen) atoms. The maximum Gasteiger partial charge on any atom is 0.270 e. The second-order valence-electron chi connectivity index (χ2n) is 4.12. The van der Waals surface area contributed by atoms with Crippen LogP contribution in [0, 0.1) is 10.1 Å². The zero-order chi connectivity index (χ0) is 15.2. The van der Waals surface area contributed by atoms with Crippen molar-refractivity contribution < 1.29 is 9.72 Å². The number of non-ortho nitro benzene ring substituents is 1. The Balaban J connectivity index is 2.04. The molecule has 108 valence electrons. The highest BCUT2D eigenvalue weighted by molar-refractivity contribution is 8.15. The molecule has 1 aliphatic heterocycles. The number of thioether (sulfide) groups is 1. The molecule has 1 aliphatic rings. The number of hydrogen-bond donors (Lipinski definition) is 1. The molecular weight excluding hydrogens is 292 g/mol. The van der Waals surface area contributed by atoms with E-state index >= 15 is 0 Å². The first-order chi connectivity index (χ1) is 10.1. The van der Waals surface area contributed by atoms with Gasteiger partial charge in [-0.15, -0.1) is 11.7 Å². The summed E-state index contributed by atoms with van der Waals surface area (Å²) < 4.78 is 0. The second kappa shape index (κ2) is 6.80. The Labute approximate surface area is 125 Å². The predicted octanol–water partition coefficient (Wildman–Crippen LogP) is 2.09. The molecule has 1 fully saturated rings. The van der Waals surface area contributed by atoms with Crippen molar-refractivity contribution in [2.24, 2.45) is 10.2 Å². The van der Waals surface area contributed by atoms with Crippen molar-refractivity contribution in [3.05, 3.63) is 52.6 Å². The van der Waals surface area contributed by atoms with Gasteiger partial charge in [0.2, 0.25) is 5.91 Å². The highest BCUT2D eigenvalue weighted by atomic mass is 32.2. The van der Waals surface area contributed by atoms with Crippen LogP contribution in [0.5, 0.6) is 0 Å². The molecule has 2 rings (SSSR count). The molecule has 0 aromatic heterocycles. The molecule has 1 amide bonds. The Hall–Kier alpha value is -2.48. The molecule has 1 N–H and O–H groups in total. The summed E-state index contributed by atoms with van der Waals surface area (Å²) in [7, 11) is 0. The smallest absolute Gasteiger partial charge is 0.270 e. The van der Waals surface area contributed by atoms with E-state index < -0.39 is 4.92 Å². The van der Waals surface area contributed by atoms with Gasteiger partial charge in [0.1, 0.15) is 0 Å². The van der Waals surface area contributed by atoms with Crippen molar-refractivity contribution in [1.29, 1.82) is 0 Å². The molecule has 8 heteroatoms. The van der Waals surface area contributed by atoms with Crippen LogP contribution >= 0.6 is 11.8 Å². The van der Waals surface area contributed by atoms with Crippen LogP contribution in [-0.2, 0) is 4.79 Å². The molecule has 1 saturated heterocycles. The number of benzene rings is 1. The van der Waals surface area contributed by atoms with E-state index in [-0.39, 0.29) is 16.8 Å². The first-order valence-electron chi connectivity index (χ1n) is 6.04. The summed E-state index contributed by atoms with van der Waals surface area (Å²) >= 11 is 1.28. The average Bonchev–Trinajstić information content (AvgIpc) is 2.80. The molecule has 1 heterocycles. The maximum absolute atomic E-state index is 11.5.